The zero-order valence-electron chi connectivity index (χ0n) is 12.1. The van der Waals surface area contributed by atoms with Crippen LogP contribution in [0.1, 0.15) is 38.2 Å². The maximum atomic E-state index is 11.0. The van der Waals surface area contributed by atoms with Gasteiger partial charge in [0, 0.05) is 5.56 Å². The average molecular weight is 277 g/mol. The van der Waals surface area contributed by atoms with Crippen molar-refractivity contribution in [2.24, 2.45) is 0 Å². The molecule has 0 aliphatic heterocycles. The third-order valence-electron chi connectivity index (χ3n) is 3.94. The molecular formula is C16H23NO3. The number of ether oxygens (including phenoxy) is 1. The van der Waals surface area contributed by atoms with Crippen molar-refractivity contribution in [1.29, 1.82) is 0 Å². The molecule has 0 bridgehead atoms. The molecule has 1 aromatic carbocycles. The Balaban J connectivity index is 2.05. The van der Waals surface area contributed by atoms with E-state index < -0.39 is 5.97 Å². The molecule has 0 heterocycles. The standard InChI is InChI=1S/C16H23NO3/c1-2-20-15-9-5-6-13(10-15)11-17(12-16(18)19)14-7-3-4-8-14/h5-6,9-10,14H,2-4,7-8,11-12H2,1H3,(H,18,19). The van der Waals surface area contributed by atoms with Crippen molar-refractivity contribution in [3.8, 4) is 5.75 Å². The van der Waals surface area contributed by atoms with Crippen LogP contribution in [0.2, 0.25) is 0 Å². The summed E-state index contributed by atoms with van der Waals surface area (Å²) < 4.78 is 5.50. The van der Waals surface area contributed by atoms with E-state index >= 15 is 0 Å². The molecule has 1 unspecified atom stereocenters. The van der Waals surface area contributed by atoms with Crippen LogP contribution in [0.15, 0.2) is 24.3 Å². The van der Waals surface area contributed by atoms with E-state index in [-0.39, 0.29) is 6.54 Å². The molecular weight excluding hydrogens is 254 g/mol. The van der Waals surface area contributed by atoms with E-state index in [4.69, 9.17) is 4.74 Å². The molecule has 4 nitrogen and oxygen atoms in total. The molecule has 1 fully saturated rings. The van der Waals surface area contributed by atoms with Gasteiger partial charge in [0.05, 0.1) is 18.6 Å². The first-order valence-electron chi connectivity index (χ1n) is 7.45. The molecule has 20 heavy (non-hydrogen) atoms. The molecule has 0 saturated heterocycles. The van der Waals surface area contributed by atoms with Crippen molar-refractivity contribution in [3.05, 3.63) is 29.8 Å². The Hall–Kier alpha value is -1.55. The molecule has 1 atom stereocenters. The first-order chi connectivity index (χ1) is 9.69. The lowest BCUT2D eigenvalue weighted by atomic mass is 10.1. The van der Waals surface area contributed by atoms with E-state index in [1.807, 2.05) is 31.2 Å². The average Bonchev–Trinajstić information content (AvgIpc) is 2.92. The van der Waals surface area contributed by atoms with Crippen molar-refractivity contribution in [2.75, 3.05) is 13.2 Å². The second kappa shape index (κ2) is 7.29. The van der Waals surface area contributed by atoms with Crippen LogP contribution in [0.3, 0.4) is 0 Å². The summed E-state index contributed by atoms with van der Waals surface area (Å²) in [6.45, 7) is 3.41. The third kappa shape index (κ3) is 4.23. The van der Waals surface area contributed by atoms with E-state index in [1.54, 1.807) is 0 Å². The lowest BCUT2D eigenvalue weighted by Crippen LogP contribution is -3.15. The number of hydrogen-bond donors (Lipinski definition) is 1. The van der Waals surface area contributed by atoms with E-state index in [1.165, 1.54) is 12.8 Å². The minimum atomic E-state index is -0.965. The van der Waals surface area contributed by atoms with Gasteiger partial charge in [0.25, 0.3) is 0 Å². The first kappa shape index (κ1) is 14.9. The normalized spacial score (nSPS) is 17.1. The highest BCUT2D eigenvalue weighted by molar-refractivity contribution is 5.65. The van der Waals surface area contributed by atoms with Gasteiger partial charge in [-0.3, -0.25) is 0 Å². The maximum Gasteiger partial charge on any atom is 0.119 e. The zero-order chi connectivity index (χ0) is 14.4. The lowest BCUT2D eigenvalue weighted by Gasteiger charge is -2.26. The molecule has 110 valence electrons. The van der Waals surface area contributed by atoms with Gasteiger partial charge in [0.1, 0.15) is 18.8 Å². The first-order valence-corrected chi connectivity index (χ1v) is 7.45. The van der Waals surface area contributed by atoms with Crippen LogP contribution in [-0.2, 0) is 11.3 Å². The summed E-state index contributed by atoms with van der Waals surface area (Å²) in [6.07, 6.45) is 4.65. The zero-order valence-corrected chi connectivity index (χ0v) is 12.1. The summed E-state index contributed by atoms with van der Waals surface area (Å²) in [6, 6.07) is 8.39. The fraction of sp³-hybridized carbons (Fsp3) is 0.562. The smallest absolute Gasteiger partial charge is 0.119 e. The summed E-state index contributed by atoms with van der Waals surface area (Å²) in [5, 5.41) is 11.0. The topological polar surface area (TPSA) is 53.8 Å². The van der Waals surface area contributed by atoms with Gasteiger partial charge in [0.15, 0.2) is 0 Å². The minimum absolute atomic E-state index is 0.0868. The van der Waals surface area contributed by atoms with Crippen molar-refractivity contribution in [2.45, 2.75) is 45.2 Å². The van der Waals surface area contributed by atoms with Gasteiger partial charge in [-0.1, -0.05) is 12.1 Å². The van der Waals surface area contributed by atoms with Crippen LogP contribution in [-0.4, -0.2) is 25.2 Å². The summed E-state index contributed by atoms with van der Waals surface area (Å²) in [5.41, 5.74) is 1.12. The van der Waals surface area contributed by atoms with Gasteiger partial charge >= 0.3 is 0 Å². The van der Waals surface area contributed by atoms with E-state index in [9.17, 15) is 9.90 Å². The number of carboxylic acid groups (broad SMARTS) is 1. The molecule has 1 aliphatic rings. The van der Waals surface area contributed by atoms with Gasteiger partial charge in [-0.25, -0.2) is 0 Å². The number of benzene rings is 1. The Morgan fingerprint density at radius 1 is 1.40 bits per heavy atom. The number of quaternary nitrogens is 1. The van der Waals surface area contributed by atoms with E-state index in [2.05, 4.69) is 0 Å². The summed E-state index contributed by atoms with van der Waals surface area (Å²) >= 11 is 0. The molecule has 4 heteroatoms. The predicted molar refractivity (Wildman–Crippen MR) is 74.4 cm³/mol. The number of carbonyl (C=O) groups excluding carboxylic acids is 1. The lowest BCUT2D eigenvalue weighted by molar-refractivity contribution is -0.932. The Morgan fingerprint density at radius 2 is 2.15 bits per heavy atom. The molecule has 1 aromatic rings. The molecule has 1 aliphatic carbocycles. The second-order valence-electron chi connectivity index (χ2n) is 5.45. The van der Waals surface area contributed by atoms with Gasteiger partial charge < -0.3 is 19.5 Å². The molecule has 0 spiro atoms. The number of nitrogens with one attached hydrogen (secondary N) is 1. The summed E-state index contributed by atoms with van der Waals surface area (Å²) in [4.78, 5) is 12.1. The predicted octanol–water partition coefficient (Wildman–Crippen LogP) is 0.163. The summed E-state index contributed by atoms with van der Waals surface area (Å²) in [5.74, 6) is -0.114. The number of hydrogen-bond acceptors (Lipinski definition) is 3. The Morgan fingerprint density at radius 3 is 2.80 bits per heavy atom. The largest absolute Gasteiger partial charge is 0.544 e. The van der Waals surface area contributed by atoms with Crippen LogP contribution in [0.5, 0.6) is 5.75 Å². The number of rotatable bonds is 7. The van der Waals surface area contributed by atoms with Crippen molar-refractivity contribution >= 4 is 5.97 Å². The van der Waals surface area contributed by atoms with Crippen LogP contribution in [0, 0.1) is 0 Å². The minimum Gasteiger partial charge on any atom is -0.544 e. The van der Waals surface area contributed by atoms with Crippen molar-refractivity contribution < 1.29 is 19.5 Å². The molecule has 0 amide bonds. The van der Waals surface area contributed by atoms with E-state index in [0.29, 0.717) is 12.6 Å². The number of carbonyl (C=O) groups is 1. The quantitative estimate of drug-likeness (QED) is 0.772. The third-order valence-corrected chi connectivity index (χ3v) is 3.94. The fourth-order valence-corrected chi connectivity index (χ4v) is 3.04. The van der Waals surface area contributed by atoms with Gasteiger partial charge in [-0.05, 0) is 44.7 Å². The van der Waals surface area contributed by atoms with Gasteiger partial charge in [-0.15, -0.1) is 0 Å². The molecule has 1 saturated carbocycles. The molecule has 0 aromatic heterocycles. The monoisotopic (exact) mass is 277 g/mol. The summed E-state index contributed by atoms with van der Waals surface area (Å²) in [7, 11) is 0. The Bertz CT molecular complexity index is 441. The highest BCUT2D eigenvalue weighted by Gasteiger charge is 2.26. The van der Waals surface area contributed by atoms with Crippen LogP contribution >= 0.6 is 0 Å². The molecule has 0 radical (unpaired) electrons. The van der Waals surface area contributed by atoms with Crippen molar-refractivity contribution in [1.82, 2.24) is 0 Å². The highest BCUT2D eigenvalue weighted by Crippen LogP contribution is 2.16. The number of carboxylic acids is 1. The number of aliphatic carboxylic acids is 1. The van der Waals surface area contributed by atoms with Gasteiger partial charge in [-0.2, -0.15) is 0 Å². The molecule has 2 rings (SSSR count). The second-order valence-corrected chi connectivity index (χ2v) is 5.45. The van der Waals surface area contributed by atoms with Crippen molar-refractivity contribution in [3.63, 3.8) is 0 Å². The maximum absolute atomic E-state index is 11.0. The highest BCUT2D eigenvalue weighted by atomic mass is 16.5. The molecule has 1 N–H and O–H groups in total. The SMILES string of the molecule is CCOc1cccc(C[NH+](CC(=O)[O-])C2CCCC2)c1. The fourth-order valence-electron chi connectivity index (χ4n) is 3.04. The Kier molecular flexibility index (Phi) is 5.41. The Labute approximate surface area is 120 Å². The van der Waals surface area contributed by atoms with Crippen LogP contribution < -0.4 is 14.7 Å². The van der Waals surface area contributed by atoms with Crippen LogP contribution in [0.25, 0.3) is 0 Å². The van der Waals surface area contributed by atoms with E-state index in [0.717, 1.165) is 35.6 Å². The van der Waals surface area contributed by atoms with Crippen LogP contribution in [0.4, 0.5) is 0 Å². The van der Waals surface area contributed by atoms with Gasteiger partial charge in [0.2, 0.25) is 0 Å².